The van der Waals surface area contributed by atoms with Gasteiger partial charge in [-0.2, -0.15) is 10.4 Å². The first-order chi connectivity index (χ1) is 10.7. The SMILES string of the molecule is CCCNC(=O)/C(C#N)=C/c1cn(C2CCCCC2)nc1C. The highest BCUT2D eigenvalue weighted by molar-refractivity contribution is 6.01. The smallest absolute Gasteiger partial charge is 0.261 e. The van der Waals surface area contributed by atoms with E-state index in [0.29, 0.717) is 12.6 Å². The molecule has 1 aliphatic carbocycles. The number of hydrogen-bond acceptors (Lipinski definition) is 3. The number of hydrogen-bond donors (Lipinski definition) is 1. The number of aromatic nitrogens is 2. The summed E-state index contributed by atoms with van der Waals surface area (Å²) in [5.74, 6) is -0.311. The molecule has 1 amide bonds. The molecule has 1 aliphatic rings. The topological polar surface area (TPSA) is 70.7 Å². The van der Waals surface area contributed by atoms with Gasteiger partial charge in [-0.05, 0) is 32.3 Å². The highest BCUT2D eigenvalue weighted by Crippen LogP contribution is 2.28. The van der Waals surface area contributed by atoms with Gasteiger partial charge in [0.2, 0.25) is 0 Å². The standard InChI is InChI=1S/C17H24N4O/c1-3-9-19-17(22)14(11-18)10-15-12-21(20-13(15)2)16-7-5-4-6-8-16/h10,12,16H,3-9H2,1-2H3,(H,19,22)/b14-10+. The Morgan fingerprint density at radius 3 is 2.86 bits per heavy atom. The minimum absolute atomic E-state index is 0.139. The van der Waals surface area contributed by atoms with Crippen LogP contribution in [0, 0.1) is 18.3 Å². The summed E-state index contributed by atoms with van der Waals surface area (Å²) in [6.07, 6.45) is 10.6. The van der Waals surface area contributed by atoms with Crippen molar-refractivity contribution in [2.75, 3.05) is 6.54 Å². The fourth-order valence-corrected chi connectivity index (χ4v) is 2.81. The summed E-state index contributed by atoms with van der Waals surface area (Å²) in [5.41, 5.74) is 1.86. The zero-order chi connectivity index (χ0) is 15.9. The molecule has 0 aromatic carbocycles. The van der Waals surface area contributed by atoms with Gasteiger partial charge in [-0.15, -0.1) is 0 Å². The third kappa shape index (κ3) is 3.97. The van der Waals surface area contributed by atoms with Crippen LogP contribution in [-0.2, 0) is 4.79 Å². The Bertz CT molecular complexity index is 588. The average molecular weight is 300 g/mol. The molecule has 1 saturated carbocycles. The number of carbonyl (C=O) groups excluding carboxylic acids is 1. The van der Waals surface area contributed by atoms with E-state index < -0.39 is 0 Å². The number of rotatable bonds is 5. The molecule has 2 rings (SSSR count). The minimum Gasteiger partial charge on any atom is -0.351 e. The van der Waals surface area contributed by atoms with E-state index in [-0.39, 0.29) is 11.5 Å². The molecule has 1 aromatic rings. The average Bonchev–Trinajstić information content (AvgIpc) is 2.92. The van der Waals surface area contributed by atoms with Gasteiger partial charge in [0.05, 0.1) is 11.7 Å². The van der Waals surface area contributed by atoms with Crippen LogP contribution in [0.5, 0.6) is 0 Å². The number of nitriles is 1. The monoisotopic (exact) mass is 300 g/mol. The maximum absolute atomic E-state index is 11.9. The molecule has 1 fully saturated rings. The van der Waals surface area contributed by atoms with Crippen LogP contribution in [0.3, 0.4) is 0 Å². The number of nitrogens with zero attached hydrogens (tertiary/aromatic N) is 3. The predicted octanol–water partition coefficient (Wildman–Crippen LogP) is 3.13. The Morgan fingerprint density at radius 2 is 2.23 bits per heavy atom. The number of aryl methyl sites for hydroxylation is 1. The molecule has 22 heavy (non-hydrogen) atoms. The predicted molar refractivity (Wildman–Crippen MR) is 86.0 cm³/mol. The molecule has 0 unspecified atom stereocenters. The van der Waals surface area contributed by atoms with Gasteiger partial charge in [0.25, 0.3) is 5.91 Å². The van der Waals surface area contributed by atoms with Crippen LogP contribution in [0.4, 0.5) is 0 Å². The molecule has 0 radical (unpaired) electrons. The van der Waals surface area contributed by atoms with E-state index in [4.69, 9.17) is 0 Å². The summed E-state index contributed by atoms with van der Waals surface area (Å²) in [5, 5.41) is 16.5. The van der Waals surface area contributed by atoms with Gasteiger partial charge in [-0.25, -0.2) is 0 Å². The zero-order valence-corrected chi connectivity index (χ0v) is 13.4. The van der Waals surface area contributed by atoms with E-state index in [0.717, 1.165) is 30.5 Å². The van der Waals surface area contributed by atoms with Crippen molar-refractivity contribution in [3.8, 4) is 6.07 Å². The Kier molecular flexibility index (Phi) is 5.76. The quantitative estimate of drug-likeness (QED) is 0.671. The third-order valence-electron chi connectivity index (χ3n) is 4.10. The molecule has 0 bridgehead atoms. The first kappa shape index (κ1) is 16.3. The molecule has 0 aliphatic heterocycles. The first-order valence-corrected chi connectivity index (χ1v) is 8.11. The van der Waals surface area contributed by atoms with E-state index >= 15 is 0 Å². The van der Waals surface area contributed by atoms with Crippen molar-refractivity contribution in [1.29, 1.82) is 5.26 Å². The molecular weight excluding hydrogens is 276 g/mol. The number of carbonyl (C=O) groups is 1. The molecule has 5 nitrogen and oxygen atoms in total. The van der Waals surface area contributed by atoms with E-state index in [1.165, 1.54) is 19.3 Å². The zero-order valence-electron chi connectivity index (χ0n) is 13.4. The summed E-state index contributed by atoms with van der Waals surface area (Å²) in [6, 6.07) is 2.44. The van der Waals surface area contributed by atoms with Gasteiger partial charge in [0.15, 0.2) is 0 Å². The molecule has 1 heterocycles. The second-order valence-electron chi connectivity index (χ2n) is 5.87. The van der Waals surface area contributed by atoms with Gasteiger partial charge in [-0.1, -0.05) is 26.2 Å². The van der Waals surface area contributed by atoms with Crippen molar-refractivity contribution in [2.24, 2.45) is 0 Å². The lowest BCUT2D eigenvalue weighted by Gasteiger charge is -2.21. The van der Waals surface area contributed by atoms with Crippen LogP contribution >= 0.6 is 0 Å². The van der Waals surface area contributed by atoms with Crippen LogP contribution in [0.2, 0.25) is 0 Å². The second-order valence-corrected chi connectivity index (χ2v) is 5.87. The highest BCUT2D eigenvalue weighted by Gasteiger charge is 2.17. The van der Waals surface area contributed by atoms with E-state index in [9.17, 15) is 10.1 Å². The molecule has 0 spiro atoms. The van der Waals surface area contributed by atoms with Gasteiger partial charge in [-0.3, -0.25) is 9.48 Å². The van der Waals surface area contributed by atoms with Gasteiger partial charge in [0, 0.05) is 18.3 Å². The van der Waals surface area contributed by atoms with Crippen molar-refractivity contribution in [1.82, 2.24) is 15.1 Å². The van der Waals surface area contributed by atoms with E-state index in [1.54, 1.807) is 6.08 Å². The first-order valence-electron chi connectivity index (χ1n) is 8.11. The van der Waals surface area contributed by atoms with Crippen LogP contribution in [0.15, 0.2) is 11.8 Å². The van der Waals surface area contributed by atoms with Crippen LogP contribution in [-0.4, -0.2) is 22.2 Å². The fraction of sp³-hybridized carbons (Fsp3) is 0.588. The minimum atomic E-state index is -0.311. The second kappa shape index (κ2) is 7.79. The van der Waals surface area contributed by atoms with Crippen LogP contribution in [0.1, 0.15) is 62.7 Å². The van der Waals surface area contributed by atoms with E-state index in [2.05, 4.69) is 10.4 Å². The largest absolute Gasteiger partial charge is 0.351 e. The molecule has 0 atom stereocenters. The Hall–Kier alpha value is -2.09. The summed E-state index contributed by atoms with van der Waals surface area (Å²) >= 11 is 0. The Morgan fingerprint density at radius 1 is 1.50 bits per heavy atom. The van der Waals surface area contributed by atoms with Gasteiger partial charge < -0.3 is 5.32 Å². The third-order valence-corrected chi connectivity index (χ3v) is 4.10. The van der Waals surface area contributed by atoms with Crippen molar-refractivity contribution in [2.45, 2.75) is 58.4 Å². The van der Waals surface area contributed by atoms with Crippen molar-refractivity contribution in [3.63, 3.8) is 0 Å². The number of amides is 1. The molecular formula is C17H24N4O. The highest BCUT2D eigenvalue weighted by atomic mass is 16.1. The lowest BCUT2D eigenvalue weighted by Crippen LogP contribution is -2.25. The van der Waals surface area contributed by atoms with Crippen molar-refractivity contribution < 1.29 is 4.79 Å². The van der Waals surface area contributed by atoms with Gasteiger partial charge >= 0.3 is 0 Å². The normalized spacial score (nSPS) is 16.3. The molecule has 118 valence electrons. The molecule has 1 N–H and O–H groups in total. The maximum atomic E-state index is 11.9. The molecule has 0 saturated heterocycles. The summed E-state index contributed by atoms with van der Waals surface area (Å²) in [7, 11) is 0. The van der Waals surface area contributed by atoms with Crippen LogP contribution in [0.25, 0.3) is 6.08 Å². The lowest BCUT2D eigenvalue weighted by molar-refractivity contribution is -0.117. The maximum Gasteiger partial charge on any atom is 0.261 e. The lowest BCUT2D eigenvalue weighted by atomic mass is 9.96. The van der Waals surface area contributed by atoms with Gasteiger partial charge in [0.1, 0.15) is 11.6 Å². The van der Waals surface area contributed by atoms with Crippen molar-refractivity contribution >= 4 is 12.0 Å². The Labute approximate surface area is 132 Å². The summed E-state index contributed by atoms with van der Waals surface area (Å²) in [4.78, 5) is 11.9. The van der Waals surface area contributed by atoms with Crippen molar-refractivity contribution in [3.05, 3.63) is 23.0 Å². The van der Waals surface area contributed by atoms with Crippen LogP contribution < -0.4 is 5.32 Å². The number of nitrogens with one attached hydrogen (secondary N) is 1. The van der Waals surface area contributed by atoms with E-state index in [1.807, 2.05) is 30.8 Å². The molecule has 1 aromatic heterocycles. The summed E-state index contributed by atoms with van der Waals surface area (Å²) in [6.45, 7) is 4.48. The summed E-state index contributed by atoms with van der Waals surface area (Å²) < 4.78 is 2.01. The Balaban J connectivity index is 2.17. The fourth-order valence-electron chi connectivity index (χ4n) is 2.81. The molecule has 5 heteroatoms.